The number of amides is 1. The third-order valence-electron chi connectivity index (χ3n) is 4.62. The molecule has 2 heterocycles. The number of ether oxygens (including phenoxy) is 1. The number of amidine groups is 1. The molecule has 25 heavy (non-hydrogen) atoms. The lowest BCUT2D eigenvalue weighted by Crippen LogP contribution is -2.37. The van der Waals surface area contributed by atoms with Crippen LogP contribution in [0.1, 0.15) is 19.8 Å². The fourth-order valence-corrected chi connectivity index (χ4v) is 7.17. The van der Waals surface area contributed by atoms with Crippen LogP contribution in [0.3, 0.4) is 0 Å². The van der Waals surface area contributed by atoms with Gasteiger partial charge < -0.3 is 9.64 Å². The number of fused-ring (bicyclic) bond motifs is 1. The van der Waals surface area contributed by atoms with Gasteiger partial charge in [-0.15, -0.1) is 0 Å². The SMILES string of the molecule is CCOc1ccc(N2C(=NC(=O)C3CC3)S[C@H]3CS(=O)(=O)C[C@H]32)cc1. The maximum Gasteiger partial charge on any atom is 0.251 e. The molecule has 1 saturated carbocycles. The number of carbonyl (C=O) groups excluding carboxylic acids is 1. The first-order chi connectivity index (χ1) is 12.0. The minimum Gasteiger partial charge on any atom is -0.494 e. The molecule has 0 aromatic heterocycles. The van der Waals surface area contributed by atoms with Crippen molar-refractivity contribution >= 4 is 38.4 Å². The van der Waals surface area contributed by atoms with Crippen LogP contribution < -0.4 is 9.64 Å². The molecule has 4 rings (SSSR count). The summed E-state index contributed by atoms with van der Waals surface area (Å²) < 4.78 is 29.6. The van der Waals surface area contributed by atoms with E-state index in [1.807, 2.05) is 36.1 Å². The van der Waals surface area contributed by atoms with Gasteiger partial charge in [0.15, 0.2) is 15.0 Å². The van der Waals surface area contributed by atoms with Crippen molar-refractivity contribution in [2.75, 3.05) is 23.0 Å². The second-order valence-corrected chi connectivity index (χ2v) is 9.96. The molecular formula is C17H20N2O4S2. The highest BCUT2D eigenvalue weighted by Crippen LogP contribution is 2.42. The predicted octanol–water partition coefficient (Wildman–Crippen LogP) is 2.10. The average molecular weight is 380 g/mol. The summed E-state index contributed by atoms with van der Waals surface area (Å²) in [7, 11) is -3.05. The molecule has 1 aromatic carbocycles. The van der Waals surface area contributed by atoms with Crippen molar-refractivity contribution in [1.29, 1.82) is 0 Å². The first-order valence-corrected chi connectivity index (χ1v) is 11.2. The van der Waals surface area contributed by atoms with Gasteiger partial charge in [-0.3, -0.25) is 4.79 Å². The van der Waals surface area contributed by atoms with Crippen LogP contribution in [0.15, 0.2) is 29.3 Å². The fourth-order valence-electron chi connectivity index (χ4n) is 3.25. The molecule has 6 nitrogen and oxygen atoms in total. The molecule has 2 atom stereocenters. The summed E-state index contributed by atoms with van der Waals surface area (Å²) >= 11 is 1.42. The molecule has 0 N–H and O–H groups in total. The van der Waals surface area contributed by atoms with Crippen LogP contribution >= 0.6 is 11.8 Å². The average Bonchev–Trinajstić information content (AvgIpc) is 3.30. The Labute approximate surface area is 151 Å². The molecule has 2 aliphatic heterocycles. The Balaban J connectivity index is 1.66. The van der Waals surface area contributed by atoms with E-state index >= 15 is 0 Å². The van der Waals surface area contributed by atoms with E-state index in [2.05, 4.69) is 4.99 Å². The van der Waals surface area contributed by atoms with Crippen LogP contribution in [0.25, 0.3) is 0 Å². The Bertz CT molecular complexity index is 816. The quantitative estimate of drug-likeness (QED) is 0.796. The molecule has 2 saturated heterocycles. The Morgan fingerprint density at radius 2 is 2.00 bits per heavy atom. The second-order valence-electron chi connectivity index (χ2n) is 6.60. The van der Waals surface area contributed by atoms with Gasteiger partial charge >= 0.3 is 0 Å². The van der Waals surface area contributed by atoms with Crippen LogP contribution in [0, 0.1) is 5.92 Å². The highest BCUT2D eigenvalue weighted by Gasteiger charge is 2.49. The molecule has 1 amide bonds. The Kier molecular flexibility index (Phi) is 4.27. The van der Waals surface area contributed by atoms with Gasteiger partial charge in [-0.2, -0.15) is 4.99 Å². The zero-order valence-electron chi connectivity index (χ0n) is 13.9. The molecule has 3 aliphatic rings. The third kappa shape index (κ3) is 3.42. The van der Waals surface area contributed by atoms with E-state index in [-0.39, 0.29) is 34.6 Å². The van der Waals surface area contributed by atoms with Crippen LogP contribution in [-0.4, -0.2) is 48.9 Å². The number of nitrogens with zero attached hydrogens (tertiary/aromatic N) is 2. The van der Waals surface area contributed by atoms with Crippen molar-refractivity contribution in [3.05, 3.63) is 24.3 Å². The summed E-state index contributed by atoms with van der Waals surface area (Å²) in [5.74, 6) is 0.989. The third-order valence-corrected chi connectivity index (χ3v) is 7.83. The van der Waals surface area contributed by atoms with Crippen molar-refractivity contribution < 1.29 is 17.9 Å². The van der Waals surface area contributed by atoms with Gasteiger partial charge in [-0.05, 0) is 44.0 Å². The monoisotopic (exact) mass is 380 g/mol. The number of hydrogen-bond acceptors (Lipinski definition) is 5. The van der Waals surface area contributed by atoms with E-state index in [0.29, 0.717) is 11.8 Å². The molecule has 1 aromatic rings. The summed E-state index contributed by atoms with van der Waals surface area (Å²) in [5.41, 5.74) is 0.850. The van der Waals surface area contributed by atoms with Crippen LogP contribution in [0.2, 0.25) is 0 Å². The minimum absolute atomic E-state index is 0.0550. The van der Waals surface area contributed by atoms with Crippen molar-refractivity contribution in [1.82, 2.24) is 0 Å². The van der Waals surface area contributed by atoms with Gasteiger partial charge in [-0.1, -0.05) is 11.8 Å². The van der Waals surface area contributed by atoms with Crippen molar-refractivity contribution in [3.63, 3.8) is 0 Å². The standard InChI is InChI=1S/C17H20N2O4S2/c1-2-23-13-7-5-12(6-8-13)19-14-9-25(21,22)10-15(14)24-17(19)18-16(20)11-3-4-11/h5-8,11,14-15H,2-4,9-10H2,1H3/t14-,15+/m1/s1. The first kappa shape index (κ1) is 16.9. The molecule has 134 valence electrons. The number of benzene rings is 1. The maximum atomic E-state index is 12.2. The zero-order valence-corrected chi connectivity index (χ0v) is 15.6. The molecule has 0 bridgehead atoms. The number of thioether (sulfide) groups is 1. The lowest BCUT2D eigenvalue weighted by molar-refractivity contribution is -0.118. The first-order valence-electron chi connectivity index (χ1n) is 8.48. The zero-order chi connectivity index (χ0) is 17.6. The lowest BCUT2D eigenvalue weighted by atomic mass is 10.2. The van der Waals surface area contributed by atoms with Crippen molar-refractivity contribution in [2.24, 2.45) is 10.9 Å². The predicted molar refractivity (Wildman–Crippen MR) is 99.1 cm³/mol. The van der Waals surface area contributed by atoms with Crippen LogP contribution in [-0.2, 0) is 14.6 Å². The highest BCUT2D eigenvalue weighted by molar-refractivity contribution is 8.16. The number of aliphatic imine (C=N–C) groups is 1. The van der Waals surface area contributed by atoms with E-state index in [9.17, 15) is 13.2 Å². The normalized spacial score (nSPS) is 29.0. The van der Waals surface area contributed by atoms with Gasteiger partial charge in [0.1, 0.15) is 5.75 Å². The Morgan fingerprint density at radius 1 is 1.28 bits per heavy atom. The highest BCUT2D eigenvalue weighted by atomic mass is 32.2. The number of rotatable bonds is 4. The van der Waals surface area contributed by atoms with E-state index in [0.717, 1.165) is 24.3 Å². The van der Waals surface area contributed by atoms with Crippen LogP contribution in [0.4, 0.5) is 5.69 Å². The van der Waals surface area contributed by atoms with Crippen molar-refractivity contribution in [2.45, 2.75) is 31.1 Å². The second kappa shape index (κ2) is 6.32. The summed E-state index contributed by atoms with van der Waals surface area (Å²) in [5, 5.41) is 0.563. The van der Waals surface area contributed by atoms with Gasteiger partial charge in [0, 0.05) is 16.9 Å². The molecule has 1 aliphatic carbocycles. The minimum atomic E-state index is -3.05. The molecule has 8 heteroatoms. The number of carbonyl (C=O) groups is 1. The Morgan fingerprint density at radius 3 is 2.64 bits per heavy atom. The molecular weight excluding hydrogens is 360 g/mol. The molecule has 0 spiro atoms. The summed E-state index contributed by atoms with van der Waals surface area (Å²) in [6, 6.07) is 7.35. The number of anilines is 1. The number of hydrogen-bond donors (Lipinski definition) is 0. The summed E-state index contributed by atoms with van der Waals surface area (Å²) in [4.78, 5) is 18.4. The van der Waals surface area contributed by atoms with E-state index < -0.39 is 9.84 Å². The molecule has 0 unspecified atom stereocenters. The summed E-state index contributed by atoms with van der Waals surface area (Å²) in [6.45, 7) is 2.51. The topological polar surface area (TPSA) is 76.0 Å². The lowest BCUT2D eigenvalue weighted by Gasteiger charge is -2.24. The Hall–Kier alpha value is -1.54. The maximum absolute atomic E-state index is 12.2. The van der Waals surface area contributed by atoms with E-state index in [4.69, 9.17) is 4.74 Å². The van der Waals surface area contributed by atoms with Gasteiger partial charge in [-0.25, -0.2) is 8.42 Å². The summed E-state index contributed by atoms with van der Waals surface area (Å²) in [6.07, 6.45) is 1.81. The smallest absolute Gasteiger partial charge is 0.251 e. The van der Waals surface area contributed by atoms with Crippen molar-refractivity contribution in [3.8, 4) is 5.75 Å². The van der Waals surface area contributed by atoms with Gasteiger partial charge in [0.05, 0.1) is 24.2 Å². The van der Waals surface area contributed by atoms with E-state index in [1.54, 1.807) is 0 Å². The van der Waals surface area contributed by atoms with Gasteiger partial charge in [0.2, 0.25) is 0 Å². The number of sulfone groups is 1. The molecule has 3 fully saturated rings. The fraction of sp³-hybridized carbons (Fsp3) is 0.529. The van der Waals surface area contributed by atoms with E-state index in [1.165, 1.54) is 11.8 Å². The van der Waals surface area contributed by atoms with Gasteiger partial charge in [0.25, 0.3) is 5.91 Å². The van der Waals surface area contributed by atoms with Crippen LogP contribution in [0.5, 0.6) is 5.75 Å². The molecule has 0 radical (unpaired) electrons. The largest absolute Gasteiger partial charge is 0.494 e.